The van der Waals surface area contributed by atoms with Gasteiger partial charge >= 0.3 is 11.7 Å². The summed E-state index contributed by atoms with van der Waals surface area (Å²) in [5.74, 6) is 0. The Morgan fingerprint density at radius 1 is 1.00 bits per heavy atom. The zero-order valence-electron chi connectivity index (χ0n) is 6.66. The molecule has 0 heterocycles. The first kappa shape index (κ1) is 8.78. The van der Waals surface area contributed by atoms with Gasteiger partial charge in [0.25, 0.3) is 4.90 Å². The molecule has 0 bridgehead atoms. The van der Waals surface area contributed by atoms with Crippen molar-refractivity contribution in [2.45, 2.75) is 4.90 Å². The fourth-order valence-corrected chi connectivity index (χ4v) is 2.22. The summed E-state index contributed by atoms with van der Waals surface area (Å²) in [6, 6.07) is 11.6. The highest BCUT2D eigenvalue weighted by Gasteiger charge is 2.12. The Labute approximate surface area is 88.4 Å². The second kappa shape index (κ2) is 3.52. The molecule has 0 aliphatic rings. The molecule has 1 nitrogen and oxygen atoms in total. The van der Waals surface area contributed by atoms with E-state index in [-0.39, 0.29) is 0 Å². The Hall–Kier alpha value is -0.800. The first-order valence-electron chi connectivity index (χ1n) is 3.80. The summed E-state index contributed by atoms with van der Waals surface area (Å²) < 4.78 is 11.8. The second-order valence-electron chi connectivity index (χ2n) is 2.67. The van der Waals surface area contributed by atoms with Gasteiger partial charge in [-0.3, -0.25) is 0 Å². The second-order valence-corrected chi connectivity index (χ2v) is 4.14. The lowest BCUT2D eigenvalue weighted by Crippen LogP contribution is -1.79. The van der Waals surface area contributed by atoms with E-state index in [0.717, 1.165) is 20.1 Å². The predicted molar refractivity (Wildman–Crippen MR) is 58.0 cm³/mol. The lowest BCUT2D eigenvalue weighted by Gasteiger charge is -1.96. The first-order chi connectivity index (χ1) is 6.33. The number of hydrogen-bond donors (Lipinski definition) is 0. The van der Waals surface area contributed by atoms with Gasteiger partial charge in [-0.1, -0.05) is 34.1 Å². The average Bonchev–Trinajstić information content (AvgIpc) is 2.18. The van der Waals surface area contributed by atoms with Crippen molar-refractivity contribution in [2.24, 2.45) is 0 Å². The van der Waals surface area contributed by atoms with Crippen molar-refractivity contribution in [3.8, 4) is 0 Å². The normalized spacial score (nSPS) is 10.2. The molecule has 0 aliphatic heterocycles. The van der Waals surface area contributed by atoms with E-state index in [1.807, 2.05) is 36.4 Å². The van der Waals surface area contributed by atoms with Gasteiger partial charge in [0, 0.05) is 20.1 Å². The maximum atomic E-state index is 10.8. The third kappa shape index (κ3) is 1.49. The van der Waals surface area contributed by atoms with Crippen molar-refractivity contribution in [3.63, 3.8) is 0 Å². The van der Waals surface area contributed by atoms with Gasteiger partial charge in [-0.25, -0.2) is 0 Å². The standard InChI is InChI=1S/C10H6BrOS/c11-9-5-1-4-8-7(9)3-2-6-10(8)13-12/h1-6H/q+1. The average molecular weight is 254 g/mol. The molecule has 3 heteroatoms. The van der Waals surface area contributed by atoms with Crippen LogP contribution in [0.25, 0.3) is 10.8 Å². The van der Waals surface area contributed by atoms with Crippen LogP contribution in [-0.2, 0) is 15.9 Å². The molecule has 2 aromatic rings. The lowest BCUT2D eigenvalue weighted by atomic mass is 10.1. The fraction of sp³-hybridized carbons (Fsp3) is 0. The van der Waals surface area contributed by atoms with Crippen molar-refractivity contribution < 1.29 is 4.21 Å². The van der Waals surface area contributed by atoms with Crippen molar-refractivity contribution in [3.05, 3.63) is 40.9 Å². The minimum atomic E-state index is 0.536. The number of hydrogen-bond acceptors (Lipinski definition) is 1. The molecular weight excluding hydrogens is 248 g/mol. The zero-order valence-corrected chi connectivity index (χ0v) is 9.06. The molecule has 2 aromatic carbocycles. The maximum absolute atomic E-state index is 10.8. The summed E-state index contributed by atoms with van der Waals surface area (Å²) in [5.41, 5.74) is 0. The molecule has 0 aliphatic carbocycles. The van der Waals surface area contributed by atoms with Crippen LogP contribution in [0.3, 0.4) is 0 Å². The molecule has 0 unspecified atom stereocenters. The van der Waals surface area contributed by atoms with Crippen LogP contribution in [0.5, 0.6) is 0 Å². The SMILES string of the molecule is O=[S+]c1cccc2c(Br)cccc12. The molecule has 0 atom stereocenters. The molecule has 0 radical (unpaired) electrons. The van der Waals surface area contributed by atoms with Crippen LogP contribution in [0.2, 0.25) is 0 Å². The first-order valence-corrected chi connectivity index (χ1v) is 5.33. The summed E-state index contributed by atoms with van der Waals surface area (Å²) >= 11 is 3.99. The molecule has 64 valence electrons. The molecule has 0 saturated heterocycles. The van der Waals surface area contributed by atoms with E-state index >= 15 is 0 Å². The number of benzene rings is 2. The zero-order chi connectivity index (χ0) is 9.26. The van der Waals surface area contributed by atoms with Crippen molar-refractivity contribution in [1.82, 2.24) is 0 Å². The van der Waals surface area contributed by atoms with Crippen LogP contribution >= 0.6 is 15.9 Å². The summed E-state index contributed by atoms with van der Waals surface area (Å²) in [6.07, 6.45) is 0. The van der Waals surface area contributed by atoms with Gasteiger partial charge in [0.1, 0.15) is 0 Å². The molecule has 0 saturated carbocycles. The smallest absolute Gasteiger partial charge is 0.0603 e. The highest BCUT2D eigenvalue weighted by molar-refractivity contribution is 9.10. The Balaban J connectivity index is 2.92. The molecule has 0 amide bonds. The van der Waals surface area contributed by atoms with E-state index < -0.39 is 0 Å². The van der Waals surface area contributed by atoms with E-state index in [2.05, 4.69) is 15.9 Å². The molecule has 0 spiro atoms. The van der Waals surface area contributed by atoms with E-state index in [9.17, 15) is 4.21 Å². The van der Waals surface area contributed by atoms with Gasteiger partial charge < -0.3 is 0 Å². The maximum Gasteiger partial charge on any atom is 0.505 e. The van der Waals surface area contributed by atoms with Crippen molar-refractivity contribution in [2.75, 3.05) is 0 Å². The summed E-state index contributed by atoms with van der Waals surface area (Å²) in [7, 11) is 0. The fourth-order valence-electron chi connectivity index (χ4n) is 1.32. The van der Waals surface area contributed by atoms with Crippen LogP contribution in [0.15, 0.2) is 45.8 Å². The largest absolute Gasteiger partial charge is 0.505 e. The number of fused-ring (bicyclic) bond motifs is 1. The quantitative estimate of drug-likeness (QED) is 0.713. The van der Waals surface area contributed by atoms with E-state index in [4.69, 9.17) is 0 Å². The molecule has 0 fully saturated rings. The van der Waals surface area contributed by atoms with Crippen LogP contribution in [-0.4, -0.2) is 0 Å². The van der Waals surface area contributed by atoms with Gasteiger partial charge in [-0.05, 0) is 12.1 Å². The van der Waals surface area contributed by atoms with Crippen LogP contribution < -0.4 is 0 Å². The minimum Gasteiger partial charge on any atom is -0.0603 e. The lowest BCUT2D eigenvalue weighted by molar-refractivity contribution is 0.605. The highest BCUT2D eigenvalue weighted by atomic mass is 79.9. The summed E-state index contributed by atoms with van der Waals surface area (Å²) in [4.78, 5) is 0.777. The summed E-state index contributed by atoms with van der Waals surface area (Å²) in [5, 5.41) is 2.10. The van der Waals surface area contributed by atoms with E-state index in [1.54, 1.807) is 0 Å². The Morgan fingerprint density at radius 3 is 2.46 bits per heavy atom. The number of halogens is 1. The molecule has 0 N–H and O–H groups in total. The monoisotopic (exact) mass is 253 g/mol. The molecular formula is C10H6BrOS+. The van der Waals surface area contributed by atoms with Gasteiger partial charge in [0.05, 0.1) is 5.39 Å². The van der Waals surface area contributed by atoms with Crippen LogP contribution in [0.4, 0.5) is 0 Å². The Morgan fingerprint density at radius 2 is 1.69 bits per heavy atom. The van der Waals surface area contributed by atoms with E-state index in [0.29, 0.717) is 11.7 Å². The third-order valence-electron chi connectivity index (χ3n) is 1.92. The van der Waals surface area contributed by atoms with E-state index in [1.165, 1.54) is 0 Å². The van der Waals surface area contributed by atoms with Gasteiger partial charge in [-0.2, -0.15) is 0 Å². The van der Waals surface area contributed by atoms with Crippen molar-refractivity contribution in [1.29, 1.82) is 0 Å². The van der Waals surface area contributed by atoms with Crippen LogP contribution in [0.1, 0.15) is 0 Å². The third-order valence-corrected chi connectivity index (χ3v) is 3.15. The van der Waals surface area contributed by atoms with Gasteiger partial charge in [0.2, 0.25) is 0 Å². The van der Waals surface area contributed by atoms with Crippen LogP contribution in [0, 0.1) is 0 Å². The molecule has 0 aromatic heterocycles. The Bertz CT molecular complexity index is 467. The molecule has 2 rings (SSSR count). The highest BCUT2D eigenvalue weighted by Crippen LogP contribution is 2.26. The topological polar surface area (TPSA) is 17.1 Å². The molecule has 13 heavy (non-hydrogen) atoms. The Kier molecular flexibility index (Phi) is 2.38. The van der Waals surface area contributed by atoms with Gasteiger partial charge in [0.15, 0.2) is 0 Å². The minimum absolute atomic E-state index is 0.536. The van der Waals surface area contributed by atoms with Crippen molar-refractivity contribution >= 4 is 38.4 Å². The van der Waals surface area contributed by atoms with Gasteiger partial charge in [-0.15, -0.1) is 0 Å². The predicted octanol–water partition coefficient (Wildman–Crippen LogP) is 3.39. The number of rotatable bonds is 1. The summed E-state index contributed by atoms with van der Waals surface area (Å²) in [6.45, 7) is 0.